The van der Waals surface area contributed by atoms with Crippen LogP contribution in [-0.4, -0.2) is 30.4 Å². The summed E-state index contributed by atoms with van der Waals surface area (Å²) in [4.78, 5) is 27.0. The molecule has 8 heteroatoms. The highest BCUT2D eigenvalue weighted by Gasteiger charge is 2.39. The number of hydrogen-bond donors (Lipinski definition) is 1. The molecule has 5 nitrogen and oxygen atoms in total. The number of methoxy groups -OCH3 is 1. The van der Waals surface area contributed by atoms with Crippen LogP contribution >= 0.6 is 34.8 Å². The molecule has 0 aliphatic carbocycles. The van der Waals surface area contributed by atoms with Crippen LogP contribution in [0.1, 0.15) is 5.56 Å². The van der Waals surface area contributed by atoms with E-state index in [1.165, 1.54) is 19.3 Å². The molecule has 0 spiro atoms. The fourth-order valence-electron chi connectivity index (χ4n) is 2.84. The van der Waals surface area contributed by atoms with Gasteiger partial charge < -0.3 is 10.1 Å². The number of ether oxygens (including phenoxy) is 1. The number of rotatable bonds is 6. The number of amides is 2. The van der Waals surface area contributed by atoms with Crippen molar-refractivity contribution in [1.82, 2.24) is 4.90 Å². The highest BCUT2D eigenvalue weighted by molar-refractivity contribution is 6.41. The van der Waals surface area contributed by atoms with Crippen LogP contribution in [0, 0.1) is 0 Å². The summed E-state index contributed by atoms with van der Waals surface area (Å²) in [5.74, 6) is -0.536. The molecule has 2 amide bonds. The zero-order valence-corrected chi connectivity index (χ0v) is 17.0. The Morgan fingerprint density at radius 3 is 2.39 bits per heavy atom. The Hall–Kier alpha value is -2.47. The van der Waals surface area contributed by atoms with E-state index in [-0.39, 0.29) is 22.8 Å². The van der Waals surface area contributed by atoms with Gasteiger partial charge in [-0.2, -0.15) is 0 Å². The molecule has 0 aromatic heterocycles. The van der Waals surface area contributed by atoms with E-state index in [1.807, 2.05) is 0 Å². The van der Waals surface area contributed by atoms with E-state index >= 15 is 0 Å². The van der Waals surface area contributed by atoms with Gasteiger partial charge in [-0.1, -0.05) is 46.9 Å². The fraction of sp³-hybridized carbons (Fsp3) is 0.100. The monoisotopic (exact) mass is 436 g/mol. The minimum atomic E-state index is -0.507. The van der Waals surface area contributed by atoms with E-state index in [2.05, 4.69) is 11.9 Å². The summed E-state index contributed by atoms with van der Waals surface area (Å²) >= 11 is 18.3. The summed E-state index contributed by atoms with van der Waals surface area (Å²) in [6.45, 7) is 3.66. The lowest BCUT2D eigenvalue weighted by Crippen LogP contribution is -2.32. The molecule has 2 aromatic rings. The van der Waals surface area contributed by atoms with Crippen LogP contribution in [0.15, 0.2) is 54.8 Å². The minimum Gasteiger partial charge on any atom is -0.495 e. The molecular formula is C20H15Cl3N2O3. The summed E-state index contributed by atoms with van der Waals surface area (Å²) < 4.78 is 5.31. The average Bonchev–Trinajstić information content (AvgIpc) is 2.87. The maximum atomic E-state index is 13.0. The highest BCUT2D eigenvalue weighted by Crippen LogP contribution is 2.37. The predicted molar refractivity (Wildman–Crippen MR) is 112 cm³/mol. The van der Waals surface area contributed by atoms with Gasteiger partial charge in [0.25, 0.3) is 11.8 Å². The molecule has 0 unspecified atom stereocenters. The Labute approximate surface area is 177 Å². The first-order valence-electron chi connectivity index (χ1n) is 8.14. The van der Waals surface area contributed by atoms with Gasteiger partial charge in [-0.15, -0.1) is 6.58 Å². The van der Waals surface area contributed by atoms with Gasteiger partial charge in [0.2, 0.25) is 0 Å². The first-order valence-corrected chi connectivity index (χ1v) is 9.28. The third-order valence-corrected chi connectivity index (χ3v) is 4.88. The number of benzene rings is 2. The summed E-state index contributed by atoms with van der Waals surface area (Å²) in [6, 6.07) is 9.62. The predicted octanol–water partition coefficient (Wildman–Crippen LogP) is 5.03. The number of halogens is 3. The third-order valence-electron chi connectivity index (χ3n) is 4.10. The molecule has 0 fully saturated rings. The van der Waals surface area contributed by atoms with Crippen LogP contribution < -0.4 is 10.1 Å². The average molecular weight is 438 g/mol. The van der Waals surface area contributed by atoms with E-state index in [0.29, 0.717) is 27.0 Å². The normalized spacial score (nSPS) is 13.9. The van der Waals surface area contributed by atoms with Crippen molar-refractivity contribution in [3.8, 4) is 5.75 Å². The molecule has 1 aliphatic rings. The van der Waals surface area contributed by atoms with E-state index in [1.54, 1.807) is 30.3 Å². The molecule has 0 saturated heterocycles. The number of anilines is 1. The molecule has 0 atom stereocenters. The van der Waals surface area contributed by atoms with E-state index in [4.69, 9.17) is 39.5 Å². The van der Waals surface area contributed by atoms with Gasteiger partial charge in [-0.25, -0.2) is 0 Å². The zero-order chi connectivity index (χ0) is 20.4. The maximum absolute atomic E-state index is 13.0. The van der Waals surface area contributed by atoms with Crippen LogP contribution in [0.3, 0.4) is 0 Å². The second kappa shape index (κ2) is 8.27. The molecule has 0 bridgehead atoms. The van der Waals surface area contributed by atoms with Crippen molar-refractivity contribution in [2.45, 2.75) is 0 Å². The molecular weight excluding hydrogens is 423 g/mol. The van der Waals surface area contributed by atoms with Crippen molar-refractivity contribution in [2.24, 2.45) is 0 Å². The van der Waals surface area contributed by atoms with Crippen LogP contribution in [-0.2, 0) is 9.59 Å². The van der Waals surface area contributed by atoms with Gasteiger partial charge in [-0.05, 0) is 30.3 Å². The summed E-state index contributed by atoms with van der Waals surface area (Å²) in [6.07, 6.45) is 1.47. The van der Waals surface area contributed by atoms with Crippen LogP contribution in [0.2, 0.25) is 15.1 Å². The van der Waals surface area contributed by atoms with Gasteiger partial charge in [0.1, 0.15) is 11.4 Å². The fourth-order valence-corrected chi connectivity index (χ4v) is 3.52. The van der Waals surface area contributed by atoms with Crippen LogP contribution in [0.5, 0.6) is 5.75 Å². The van der Waals surface area contributed by atoms with Crippen molar-refractivity contribution in [1.29, 1.82) is 0 Å². The van der Waals surface area contributed by atoms with Gasteiger partial charge >= 0.3 is 0 Å². The standard InChI is InChI=1S/C20H15Cl3N2O3/c1-3-8-25-19(26)17(13-6-4-11(21)9-14(13)23)18(20(25)27)24-15-10-12(22)5-7-16(15)28-2/h3-7,9-10,24H,1,8H2,2H3. The number of nitrogens with one attached hydrogen (secondary N) is 1. The summed E-state index contributed by atoms with van der Waals surface area (Å²) in [5.41, 5.74) is 1.03. The second-order valence-corrected chi connectivity index (χ2v) is 7.13. The van der Waals surface area contributed by atoms with Crippen LogP contribution in [0.25, 0.3) is 5.57 Å². The smallest absolute Gasteiger partial charge is 0.278 e. The Morgan fingerprint density at radius 1 is 1.07 bits per heavy atom. The topological polar surface area (TPSA) is 58.6 Å². The third kappa shape index (κ3) is 3.74. The molecule has 0 radical (unpaired) electrons. The molecule has 144 valence electrons. The lowest BCUT2D eigenvalue weighted by Gasteiger charge is -2.14. The van der Waals surface area contributed by atoms with Crippen LogP contribution in [0.4, 0.5) is 5.69 Å². The van der Waals surface area contributed by atoms with Crippen molar-refractivity contribution >= 4 is 57.9 Å². The van der Waals surface area contributed by atoms with Crippen molar-refractivity contribution in [3.63, 3.8) is 0 Å². The molecule has 2 aromatic carbocycles. The molecule has 3 rings (SSSR count). The van der Waals surface area contributed by atoms with Crippen molar-refractivity contribution in [3.05, 3.63) is 75.4 Å². The van der Waals surface area contributed by atoms with Crippen molar-refractivity contribution < 1.29 is 14.3 Å². The Bertz CT molecular complexity index is 1020. The van der Waals surface area contributed by atoms with Gasteiger partial charge in [0.05, 0.1) is 23.4 Å². The number of hydrogen-bond acceptors (Lipinski definition) is 4. The lowest BCUT2D eigenvalue weighted by atomic mass is 10.0. The molecule has 1 aliphatic heterocycles. The van der Waals surface area contributed by atoms with Gasteiger partial charge in [0, 0.05) is 22.2 Å². The molecule has 0 saturated carbocycles. The Kier molecular flexibility index (Phi) is 5.98. The zero-order valence-electron chi connectivity index (χ0n) is 14.8. The first-order chi connectivity index (χ1) is 13.4. The number of carbonyl (C=O) groups excluding carboxylic acids is 2. The highest BCUT2D eigenvalue weighted by atomic mass is 35.5. The Morgan fingerprint density at radius 2 is 1.75 bits per heavy atom. The van der Waals surface area contributed by atoms with Crippen molar-refractivity contribution in [2.75, 3.05) is 19.0 Å². The Balaban J connectivity index is 2.17. The van der Waals surface area contributed by atoms with Gasteiger partial charge in [-0.3, -0.25) is 14.5 Å². The maximum Gasteiger partial charge on any atom is 0.278 e. The SMILES string of the molecule is C=CCN1C(=O)C(Nc2cc(Cl)ccc2OC)=C(c2ccc(Cl)cc2Cl)C1=O. The number of carbonyl (C=O) groups is 2. The largest absolute Gasteiger partial charge is 0.495 e. The quantitative estimate of drug-likeness (QED) is 0.508. The first kappa shape index (κ1) is 20.3. The van der Waals surface area contributed by atoms with Gasteiger partial charge in [0.15, 0.2) is 0 Å². The minimum absolute atomic E-state index is 0.0598. The van der Waals surface area contributed by atoms with E-state index in [9.17, 15) is 9.59 Å². The molecule has 1 N–H and O–H groups in total. The lowest BCUT2D eigenvalue weighted by molar-refractivity contribution is -0.136. The summed E-state index contributed by atoms with van der Waals surface area (Å²) in [5, 5.41) is 4.10. The summed E-state index contributed by atoms with van der Waals surface area (Å²) in [7, 11) is 1.49. The second-order valence-electron chi connectivity index (χ2n) is 5.85. The number of nitrogens with zero attached hydrogens (tertiary/aromatic N) is 1. The molecule has 1 heterocycles. The van der Waals surface area contributed by atoms with E-state index < -0.39 is 11.8 Å². The number of imide groups is 1. The van der Waals surface area contributed by atoms with E-state index in [0.717, 1.165) is 4.90 Å². The molecule has 28 heavy (non-hydrogen) atoms.